The highest BCUT2D eigenvalue weighted by Crippen LogP contribution is 2.21. The normalized spacial score (nSPS) is 17.5. The highest BCUT2D eigenvalue weighted by Gasteiger charge is 2.39. The van der Waals surface area contributed by atoms with Gasteiger partial charge in [0, 0.05) is 5.92 Å². The number of benzene rings is 2. The second-order valence-corrected chi connectivity index (χ2v) is 7.24. The van der Waals surface area contributed by atoms with Gasteiger partial charge in [0.1, 0.15) is 6.61 Å². The number of ether oxygens (including phenoxy) is 2. The zero-order valence-electron chi connectivity index (χ0n) is 16.7. The summed E-state index contributed by atoms with van der Waals surface area (Å²) in [4.78, 5) is 26.2. The van der Waals surface area contributed by atoms with Crippen molar-refractivity contribution in [1.82, 2.24) is 4.90 Å². The molecule has 1 aliphatic rings. The lowest BCUT2D eigenvalue weighted by atomic mass is 10.0. The fraction of sp³-hybridized carbons (Fsp3) is 0.333. The SMILES string of the molecule is C[C@H](CC=CCOCc1ccccc1)C(=O)N1C(=O)OCC1Cc1ccccc1. The maximum Gasteiger partial charge on any atom is 0.416 e. The summed E-state index contributed by atoms with van der Waals surface area (Å²) in [5, 5.41) is 0. The van der Waals surface area contributed by atoms with Crippen LogP contribution >= 0.6 is 0 Å². The van der Waals surface area contributed by atoms with Crippen LogP contribution in [0.2, 0.25) is 0 Å². The third kappa shape index (κ3) is 6.03. The van der Waals surface area contributed by atoms with E-state index in [1.807, 2.05) is 79.7 Å². The van der Waals surface area contributed by atoms with Gasteiger partial charge in [0.2, 0.25) is 5.91 Å². The maximum atomic E-state index is 12.8. The van der Waals surface area contributed by atoms with Gasteiger partial charge in [-0.05, 0) is 24.0 Å². The highest BCUT2D eigenvalue weighted by molar-refractivity contribution is 5.94. The Morgan fingerprint density at radius 1 is 1.10 bits per heavy atom. The molecule has 0 aliphatic carbocycles. The number of amides is 2. The average Bonchev–Trinajstić information content (AvgIpc) is 3.11. The molecule has 0 aromatic heterocycles. The standard InChI is InChI=1S/C24H27NO4/c1-19(10-8-9-15-28-17-21-13-6-3-7-14-21)23(26)25-22(18-29-24(25)27)16-20-11-4-2-5-12-20/h2-9,11-14,19,22H,10,15-18H2,1H3/t19-,22?/m1/s1. The van der Waals surface area contributed by atoms with Crippen molar-refractivity contribution in [3.05, 3.63) is 83.9 Å². The molecule has 0 bridgehead atoms. The molecule has 0 N–H and O–H groups in total. The average molecular weight is 393 g/mol. The molecule has 5 nitrogen and oxygen atoms in total. The van der Waals surface area contributed by atoms with Crippen molar-refractivity contribution >= 4 is 12.0 Å². The molecule has 3 rings (SSSR count). The van der Waals surface area contributed by atoms with Crippen molar-refractivity contribution in [3.8, 4) is 0 Å². The van der Waals surface area contributed by atoms with Crippen molar-refractivity contribution < 1.29 is 19.1 Å². The quantitative estimate of drug-likeness (QED) is 0.469. The molecule has 1 unspecified atom stereocenters. The molecule has 2 aromatic rings. The molecule has 5 heteroatoms. The number of allylic oxidation sites excluding steroid dienone is 1. The van der Waals surface area contributed by atoms with E-state index in [-0.39, 0.29) is 24.5 Å². The minimum Gasteiger partial charge on any atom is -0.447 e. The first-order chi connectivity index (χ1) is 14.1. The fourth-order valence-electron chi connectivity index (χ4n) is 3.29. The zero-order valence-corrected chi connectivity index (χ0v) is 16.7. The van der Waals surface area contributed by atoms with E-state index < -0.39 is 6.09 Å². The summed E-state index contributed by atoms with van der Waals surface area (Å²) in [6.07, 6.45) is 4.46. The number of imide groups is 1. The van der Waals surface area contributed by atoms with E-state index in [2.05, 4.69) is 0 Å². The minimum atomic E-state index is -0.544. The number of cyclic esters (lactones) is 1. The maximum absolute atomic E-state index is 12.8. The van der Waals surface area contributed by atoms with Gasteiger partial charge in [-0.2, -0.15) is 0 Å². The van der Waals surface area contributed by atoms with Gasteiger partial charge in [0.25, 0.3) is 0 Å². The molecule has 0 saturated carbocycles. The van der Waals surface area contributed by atoms with Gasteiger partial charge in [-0.3, -0.25) is 4.79 Å². The smallest absolute Gasteiger partial charge is 0.416 e. The van der Waals surface area contributed by atoms with E-state index >= 15 is 0 Å². The Bertz CT molecular complexity index is 819. The van der Waals surface area contributed by atoms with Gasteiger partial charge >= 0.3 is 6.09 Å². The lowest BCUT2D eigenvalue weighted by molar-refractivity contribution is -0.132. The summed E-state index contributed by atoms with van der Waals surface area (Å²) in [5.74, 6) is -0.493. The second-order valence-electron chi connectivity index (χ2n) is 7.24. The topological polar surface area (TPSA) is 55.8 Å². The third-order valence-corrected chi connectivity index (χ3v) is 4.92. The van der Waals surface area contributed by atoms with Gasteiger partial charge in [0.15, 0.2) is 0 Å². The van der Waals surface area contributed by atoms with E-state index in [0.717, 1.165) is 11.1 Å². The van der Waals surface area contributed by atoms with Crippen LogP contribution in [0.4, 0.5) is 4.79 Å². The van der Waals surface area contributed by atoms with Crippen molar-refractivity contribution in [2.24, 2.45) is 5.92 Å². The van der Waals surface area contributed by atoms with Gasteiger partial charge < -0.3 is 9.47 Å². The van der Waals surface area contributed by atoms with Crippen LogP contribution < -0.4 is 0 Å². The number of carbonyl (C=O) groups is 2. The van der Waals surface area contributed by atoms with Crippen LogP contribution in [0.5, 0.6) is 0 Å². The number of hydrogen-bond donors (Lipinski definition) is 0. The first-order valence-corrected chi connectivity index (χ1v) is 9.95. The summed E-state index contributed by atoms with van der Waals surface area (Å²) in [7, 11) is 0. The molecule has 1 heterocycles. The van der Waals surface area contributed by atoms with Crippen LogP contribution in [0.3, 0.4) is 0 Å². The molecule has 0 spiro atoms. The highest BCUT2D eigenvalue weighted by atomic mass is 16.6. The Morgan fingerprint density at radius 3 is 2.45 bits per heavy atom. The first-order valence-electron chi connectivity index (χ1n) is 9.95. The molecule has 152 valence electrons. The molecule has 1 fully saturated rings. The monoisotopic (exact) mass is 393 g/mol. The predicted octanol–water partition coefficient (Wildman–Crippen LogP) is 4.38. The Balaban J connectivity index is 1.45. The Labute approximate surface area is 171 Å². The molecular weight excluding hydrogens is 366 g/mol. The zero-order chi connectivity index (χ0) is 20.5. The molecule has 2 aromatic carbocycles. The van der Waals surface area contributed by atoms with E-state index in [1.54, 1.807) is 0 Å². The molecule has 2 amide bonds. The van der Waals surface area contributed by atoms with Crippen LogP contribution in [0, 0.1) is 5.92 Å². The summed E-state index contributed by atoms with van der Waals surface area (Å²) in [6.45, 7) is 3.12. The molecule has 0 radical (unpaired) electrons. The molecule has 2 atom stereocenters. The second kappa shape index (κ2) is 10.6. The largest absolute Gasteiger partial charge is 0.447 e. The number of carbonyl (C=O) groups excluding carboxylic acids is 2. The molecule has 29 heavy (non-hydrogen) atoms. The van der Waals surface area contributed by atoms with Crippen molar-refractivity contribution in [3.63, 3.8) is 0 Å². The number of hydrogen-bond acceptors (Lipinski definition) is 4. The Hall–Kier alpha value is -2.92. The van der Waals surface area contributed by atoms with Gasteiger partial charge in [-0.25, -0.2) is 9.69 Å². The first kappa shape index (κ1) is 20.8. The van der Waals surface area contributed by atoms with Gasteiger partial charge in [-0.1, -0.05) is 79.7 Å². The van der Waals surface area contributed by atoms with Crippen LogP contribution in [0.1, 0.15) is 24.5 Å². The van der Waals surface area contributed by atoms with Gasteiger partial charge in [-0.15, -0.1) is 0 Å². The summed E-state index contributed by atoms with van der Waals surface area (Å²) in [5.41, 5.74) is 2.21. The van der Waals surface area contributed by atoms with E-state index in [1.165, 1.54) is 4.90 Å². The minimum absolute atomic E-state index is 0.191. The van der Waals surface area contributed by atoms with E-state index in [9.17, 15) is 9.59 Å². The fourth-order valence-corrected chi connectivity index (χ4v) is 3.29. The molecule has 1 saturated heterocycles. The van der Waals surface area contributed by atoms with Crippen LogP contribution in [-0.4, -0.2) is 36.2 Å². The van der Waals surface area contributed by atoms with Crippen LogP contribution in [-0.2, 0) is 27.3 Å². The summed E-state index contributed by atoms with van der Waals surface area (Å²) >= 11 is 0. The molecular formula is C24H27NO4. The summed E-state index contributed by atoms with van der Waals surface area (Å²) in [6, 6.07) is 19.6. The predicted molar refractivity (Wildman–Crippen MR) is 111 cm³/mol. The van der Waals surface area contributed by atoms with E-state index in [4.69, 9.17) is 9.47 Å². The Kier molecular flexibility index (Phi) is 7.59. The summed E-state index contributed by atoms with van der Waals surface area (Å²) < 4.78 is 10.8. The van der Waals surface area contributed by atoms with E-state index in [0.29, 0.717) is 26.1 Å². The number of nitrogens with zero attached hydrogens (tertiary/aromatic N) is 1. The van der Waals surface area contributed by atoms with Crippen molar-refractivity contribution in [2.45, 2.75) is 32.4 Å². The van der Waals surface area contributed by atoms with Crippen LogP contribution in [0.25, 0.3) is 0 Å². The van der Waals surface area contributed by atoms with Crippen molar-refractivity contribution in [1.29, 1.82) is 0 Å². The Morgan fingerprint density at radius 2 is 1.76 bits per heavy atom. The van der Waals surface area contributed by atoms with Crippen molar-refractivity contribution in [2.75, 3.05) is 13.2 Å². The lowest BCUT2D eigenvalue weighted by Crippen LogP contribution is -2.42. The third-order valence-electron chi connectivity index (χ3n) is 4.92. The number of rotatable bonds is 9. The molecule has 1 aliphatic heterocycles. The van der Waals surface area contributed by atoms with Crippen LogP contribution in [0.15, 0.2) is 72.8 Å². The van der Waals surface area contributed by atoms with Gasteiger partial charge in [0.05, 0.1) is 19.3 Å². The lowest BCUT2D eigenvalue weighted by Gasteiger charge is -2.22.